The molecule has 1 aromatic rings. The van der Waals surface area contributed by atoms with Crippen LogP contribution in [0.5, 0.6) is 0 Å². The number of nitrogens with two attached hydrogens (primary N) is 1. The highest BCUT2D eigenvalue weighted by atomic mass is 19.1. The molecule has 1 aromatic carbocycles. The highest BCUT2D eigenvalue weighted by Gasteiger charge is 2.14. The molecule has 1 atom stereocenters. The molecule has 0 saturated carbocycles. The zero-order valence-corrected chi connectivity index (χ0v) is 9.70. The molecule has 1 unspecified atom stereocenters. The second-order valence-electron chi connectivity index (χ2n) is 3.95. The summed E-state index contributed by atoms with van der Waals surface area (Å²) in [6.07, 6.45) is 0.509. The van der Waals surface area contributed by atoms with Crippen molar-refractivity contribution in [1.82, 2.24) is 4.90 Å². The molecule has 0 aromatic heterocycles. The molecule has 88 valence electrons. The van der Waals surface area contributed by atoms with Gasteiger partial charge < -0.3 is 5.73 Å². The highest BCUT2D eigenvalue weighted by Crippen LogP contribution is 2.21. The fraction of sp³-hybridized carbons (Fsp3) is 0.417. The van der Waals surface area contributed by atoms with Gasteiger partial charge in [-0.3, -0.25) is 10.3 Å². The standard InChI is InChI=1S/C12H18FN3/c1-9(16(2)8-7-12(14)15)10-5-3-4-6-11(10)13/h3-6,9H,7-8H2,1-2H3,(H3,14,15). The van der Waals surface area contributed by atoms with Crippen LogP contribution in [0.4, 0.5) is 4.39 Å². The third-order valence-corrected chi connectivity index (χ3v) is 2.75. The van der Waals surface area contributed by atoms with E-state index in [9.17, 15) is 4.39 Å². The quantitative estimate of drug-likeness (QED) is 0.593. The van der Waals surface area contributed by atoms with E-state index in [1.54, 1.807) is 12.1 Å². The van der Waals surface area contributed by atoms with Crippen molar-refractivity contribution < 1.29 is 4.39 Å². The Kier molecular flexibility index (Phi) is 4.43. The molecule has 0 saturated heterocycles. The van der Waals surface area contributed by atoms with E-state index in [0.29, 0.717) is 18.5 Å². The van der Waals surface area contributed by atoms with Crippen molar-refractivity contribution in [2.24, 2.45) is 5.73 Å². The number of benzene rings is 1. The lowest BCUT2D eigenvalue weighted by Crippen LogP contribution is -2.27. The number of nitrogens with zero attached hydrogens (tertiary/aromatic N) is 1. The van der Waals surface area contributed by atoms with E-state index in [1.807, 2.05) is 24.9 Å². The van der Waals surface area contributed by atoms with Crippen molar-refractivity contribution in [3.05, 3.63) is 35.6 Å². The molecule has 0 amide bonds. The lowest BCUT2D eigenvalue weighted by Gasteiger charge is -2.25. The monoisotopic (exact) mass is 223 g/mol. The van der Waals surface area contributed by atoms with E-state index in [1.165, 1.54) is 6.07 Å². The molecule has 0 aliphatic rings. The normalized spacial score (nSPS) is 12.8. The first-order chi connectivity index (χ1) is 7.52. The molecule has 1 rings (SSSR count). The zero-order valence-electron chi connectivity index (χ0n) is 9.70. The maximum atomic E-state index is 13.5. The van der Waals surface area contributed by atoms with E-state index in [2.05, 4.69) is 0 Å². The van der Waals surface area contributed by atoms with Crippen LogP contribution < -0.4 is 5.73 Å². The van der Waals surface area contributed by atoms with Crippen molar-refractivity contribution in [3.8, 4) is 0 Å². The highest BCUT2D eigenvalue weighted by molar-refractivity contribution is 5.76. The molecule has 0 heterocycles. The van der Waals surface area contributed by atoms with Crippen LogP contribution in [-0.2, 0) is 0 Å². The van der Waals surface area contributed by atoms with Crippen LogP contribution >= 0.6 is 0 Å². The Hall–Kier alpha value is -1.42. The summed E-state index contributed by atoms with van der Waals surface area (Å²) in [6, 6.07) is 6.74. The Morgan fingerprint density at radius 3 is 2.69 bits per heavy atom. The second kappa shape index (κ2) is 5.61. The van der Waals surface area contributed by atoms with Gasteiger partial charge in [0.2, 0.25) is 0 Å². The Morgan fingerprint density at radius 1 is 1.50 bits per heavy atom. The van der Waals surface area contributed by atoms with Gasteiger partial charge in [0, 0.05) is 24.6 Å². The van der Waals surface area contributed by atoms with Gasteiger partial charge in [-0.15, -0.1) is 0 Å². The fourth-order valence-electron chi connectivity index (χ4n) is 1.54. The van der Waals surface area contributed by atoms with E-state index < -0.39 is 0 Å². The lowest BCUT2D eigenvalue weighted by molar-refractivity contribution is 0.263. The van der Waals surface area contributed by atoms with Crippen molar-refractivity contribution in [3.63, 3.8) is 0 Å². The SMILES string of the molecule is CC(c1ccccc1F)N(C)CCC(=N)N. The average molecular weight is 223 g/mol. The van der Waals surface area contributed by atoms with Gasteiger partial charge in [0.05, 0.1) is 5.84 Å². The molecule has 3 nitrogen and oxygen atoms in total. The summed E-state index contributed by atoms with van der Waals surface area (Å²) in [5.41, 5.74) is 5.97. The second-order valence-corrected chi connectivity index (χ2v) is 3.95. The molecule has 4 heteroatoms. The number of hydrogen-bond donors (Lipinski definition) is 2. The van der Waals surface area contributed by atoms with Crippen LogP contribution in [-0.4, -0.2) is 24.3 Å². The van der Waals surface area contributed by atoms with Crippen LogP contribution in [0.1, 0.15) is 24.9 Å². The lowest BCUT2D eigenvalue weighted by atomic mass is 10.1. The Bertz CT molecular complexity index is 365. The predicted octanol–water partition coefficient (Wildman–Crippen LogP) is 2.14. The third-order valence-electron chi connectivity index (χ3n) is 2.75. The van der Waals surface area contributed by atoms with Gasteiger partial charge in [0.25, 0.3) is 0 Å². The number of amidine groups is 1. The molecule has 0 radical (unpaired) electrons. The first-order valence-electron chi connectivity index (χ1n) is 5.30. The fourth-order valence-corrected chi connectivity index (χ4v) is 1.54. The van der Waals surface area contributed by atoms with Crippen LogP contribution in [0.2, 0.25) is 0 Å². The van der Waals surface area contributed by atoms with Gasteiger partial charge in [0.1, 0.15) is 5.82 Å². The molecule has 0 fully saturated rings. The maximum Gasteiger partial charge on any atom is 0.127 e. The van der Waals surface area contributed by atoms with Crippen LogP contribution in [0, 0.1) is 11.2 Å². The molecular weight excluding hydrogens is 205 g/mol. The molecule has 0 spiro atoms. The smallest absolute Gasteiger partial charge is 0.127 e. The van der Waals surface area contributed by atoms with E-state index in [4.69, 9.17) is 11.1 Å². The van der Waals surface area contributed by atoms with Crippen molar-refractivity contribution in [2.45, 2.75) is 19.4 Å². The topological polar surface area (TPSA) is 53.1 Å². The largest absolute Gasteiger partial charge is 0.388 e. The Labute approximate surface area is 95.6 Å². The summed E-state index contributed by atoms with van der Waals surface area (Å²) in [4.78, 5) is 1.99. The predicted molar refractivity (Wildman–Crippen MR) is 64.0 cm³/mol. The number of nitrogens with one attached hydrogen (secondary N) is 1. The van der Waals surface area contributed by atoms with E-state index in [0.717, 1.165) is 0 Å². The molecule has 16 heavy (non-hydrogen) atoms. The van der Waals surface area contributed by atoms with Crippen LogP contribution in [0.15, 0.2) is 24.3 Å². The molecular formula is C12H18FN3. The van der Waals surface area contributed by atoms with Gasteiger partial charge >= 0.3 is 0 Å². The minimum atomic E-state index is -0.190. The summed E-state index contributed by atoms with van der Waals surface area (Å²) < 4.78 is 13.5. The molecule has 3 N–H and O–H groups in total. The van der Waals surface area contributed by atoms with Crippen LogP contribution in [0.25, 0.3) is 0 Å². The Balaban J connectivity index is 2.66. The van der Waals surface area contributed by atoms with Gasteiger partial charge in [-0.25, -0.2) is 4.39 Å². The average Bonchev–Trinajstić information content (AvgIpc) is 2.25. The summed E-state index contributed by atoms with van der Waals surface area (Å²) in [7, 11) is 1.90. The number of hydrogen-bond acceptors (Lipinski definition) is 2. The maximum absolute atomic E-state index is 13.5. The van der Waals surface area contributed by atoms with Gasteiger partial charge in [-0.1, -0.05) is 18.2 Å². The van der Waals surface area contributed by atoms with Crippen LogP contribution in [0.3, 0.4) is 0 Å². The molecule has 0 aliphatic heterocycles. The van der Waals surface area contributed by atoms with Gasteiger partial charge in [-0.05, 0) is 20.0 Å². The minimum absolute atomic E-state index is 0.0134. The summed E-state index contributed by atoms with van der Waals surface area (Å²) in [5.74, 6) is -0.0303. The zero-order chi connectivity index (χ0) is 12.1. The number of rotatable bonds is 5. The van der Waals surface area contributed by atoms with E-state index >= 15 is 0 Å². The summed E-state index contributed by atoms with van der Waals surface area (Å²) >= 11 is 0. The summed E-state index contributed by atoms with van der Waals surface area (Å²) in [5, 5.41) is 7.15. The summed E-state index contributed by atoms with van der Waals surface area (Å²) in [6.45, 7) is 2.60. The van der Waals surface area contributed by atoms with E-state index in [-0.39, 0.29) is 17.7 Å². The molecule has 0 bridgehead atoms. The Morgan fingerprint density at radius 2 is 2.12 bits per heavy atom. The number of halogens is 1. The first kappa shape index (κ1) is 12.6. The van der Waals surface area contributed by atoms with Crippen molar-refractivity contribution in [2.75, 3.05) is 13.6 Å². The molecule has 0 aliphatic carbocycles. The van der Waals surface area contributed by atoms with Crippen molar-refractivity contribution in [1.29, 1.82) is 5.41 Å². The third kappa shape index (κ3) is 3.31. The minimum Gasteiger partial charge on any atom is -0.388 e. The van der Waals surface area contributed by atoms with Gasteiger partial charge in [-0.2, -0.15) is 0 Å². The van der Waals surface area contributed by atoms with Gasteiger partial charge in [0.15, 0.2) is 0 Å². The van der Waals surface area contributed by atoms with Crippen molar-refractivity contribution >= 4 is 5.84 Å². The first-order valence-corrected chi connectivity index (χ1v) is 5.30.